The molecule has 5 nitrogen and oxygen atoms in total. The molecule has 1 aromatic heterocycles. The second-order valence-corrected chi connectivity index (χ2v) is 5.49. The quantitative estimate of drug-likeness (QED) is 0.860. The molecule has 0 spiro atoms. The number of carbonyl (C=O) groups is 1. The highest BCUT2D eigenvalue weighted by atomic mass is 16.2. The Hall–Kier alpha value is -2.56. The monoisotopic (exact) mass is 296 g/mol. The summed E-state index contributed by atoms with van der Waals surface area (Å²) in [5.41, 5.74) is 8.12. The topological polar surface area (TPSA) is 62.5 Å². The van der Waals surface area contributed by atoms with E-state index in [1.54, 1.807) is 6.20 Å². The van der Waals surface area contributed by atoms with Crippen LogP contribution in [0.2, 0.25) is 0 Å². The fourth-order valence-corrected chi connectivity index (χ4v) is 2.73. The summed E-state index contributed by atoms with van der Waals surface area (Å²) in [6.45, 7) is 4.88. The highest BCUT2D eigenvalue weighted by molar-refractivity contribution is 5.97. The molecule has 0 aliphatic carbocycles. The Morgan fingerprint density at radius 3 is 2.55 bits per heavy atom. The van der Waals surface area contributed by atoms with Crippen LogP contribution < -0.4 is 10.6 Å². The fraction of sp³-hybridized carbons (Fsp3) is 0.294. The molecular weight excluding hydrogens is 276 g/mol. The van der Waals surface area contributed by atoms with E-state index in [0.29, 0.717) is 24.3 Å². The molecule has 2 N–H and O–H groups in total. The molecule has 0 bridgehead atoms. The highest BCUT2D eigenvalue weighted by Crippen LogP contribution is 2.19. The summed E-state index contributed by atoms with van der Waals surface area (Å²) in [5, 5.41) is 0. The summed E-state index contributed by atoms with van der Waals surface area (Å²) in [7, 11) is 0. The van der Waals surface area contributed by atoms with Gasteiger partial charge < -0.3 is 15.5 Å². The molecular formula is C17H20N4O. The predicted molar refractivity (Wildman–Crippen MR) is 87.9 cm³/mol. The molecule has 0 radical (unpaired) electrons. The van der Waals surface area contributed by atoms with Gasteiger partial charge in [-0.1, -0.05) is 12.1 Å². The molecule has 0 atom stereocenters. The van der Waals surface area contributed by atoms with Crippen LogP contribution in [0.5, 0.6) is 0 Å². The van der Waals surface area contributed by atoms with E-state index in [4.69, 9.17) is 5.73 Å². The van der Waals surface area contributed by atoms with Crippen molar-refractivity contribution in [2.45, 2.75) is 6.92 Å². The number of benzene rings is 1. The molecule has 1 amide bonds. The number of nitrogens with two attached hydrogens (primary N) is 1. The van der Waals surface area contributed by atoms with Gasteiger partial charge in [-0.2, -0.15) is 0 Å². The zero-order chi connectivity index (χ0) is 15.5. The number of anilines is 2. The molecule has 1 aromatic carbocycles. The minimum Gasteiger partial charge on any atom is -0.398 e. The summed E-state index contributed by atoms with van der Waals surface area (Å²) in [4.78, 5) is 21.1. The zero-order valence-corrected chi connectivity index (χ0v) is 12.7. The maximum atomic E-state index is 12.7. The Morgan fingerprint density at radius 1 is 1.09 bits per heavy atom. The van der Waals surface area contributed by atoms with Gasteiger partial charge in [0.15, 0.2) is 0 Å². The van der Waals surface area contributed by atoms with Gasteiger partial charge in [-0.05, 0) is 36.8 Å². The normalized spacial score (nSPS) is 15.0. The standard InChI is InChI=1S/C17H20N4O/c1-13-14(5-4-6-15(13)18)17(22)21-11-9-20(10-12-21)16-7-2-3-8-19-16/h2-8H,9-12,18H2,1H3. The van der Waals surface area contributed by atoms with Gasteiger partial charge in [-0.15, -0.1) is 0 Å². The van der Waals surface area contributed by atoms with E-state index in [1.807, 2.05) is 48.2 Å². The molecule has 5 heteroatoms. The van der Waals surface area contributed by atoms with Crippen LogP contribution in [0.1, 0.15) is 15.9 Å². The lowest BCUT2D eigenvalue weighted by Crippen LogP contribution is -2.49. The molecule has 22 heavy (non-hydrogen) atoms. The maximum absolute atomic E-state index is 12.7. The van der Waals surface area contributed by atoms with Crippen LogP contribution in [0.25, 0.3) is 0 Å². The molecule has 1 saturated heterocycles. The maximum Gasteiger partial charge on any atom is 0.254 e. The minimum atomic E-state index is 0.0606. The lowest BCUT2D eigenvalue weighted by Gasteiger charge is -2.35. The first-order valence-electron chi connectivity index (χ1n) is 7.47. The molecule has 1 fully saturated rings. The minimum absolute atomic E-state index is 0.0606. The smallest absolute Gasteiger partial charge is 0.254 e. The highest BCUT2D eigenvalue weighted by Gasteiger charge is 2.23. The Bertz CT molecular complexity index is 664. The van der Waals surface area contributed by atoms with Crippen molar-refractivity contribution in [3.63, 3.8) is 0 Å². The van der Waals surface area contributed by atoms with Crippen LogP contribution in [-0.2, 0) is 0 Å². The molecule has 1 aliphatic heterocycles. The first-order valence-corrected chi connectivity index (χ1v) is 7.47. The first kappa shape index (κ1) is 14.4. The van der Waals surface area contributed by atoms with Crippen molar-refractivity contribution < 1.29 is 4.79 Å². The second-order valence-electron chi connectivity index (χ2n) is 5.49. The molecule has 3 rings (SSSR count). The van der Waals surface area contributed by atoms with E-state index in [2.05, 4.69) is 9.88 Å². The Balaban J connectivity index is 1.69. The van der Waals surface area contributed by atoms with Crippen LogP contribution in [0, 0.1) is 6.92 Å². The van der Waals surface area contributed by atoms with Crippen molar-refractivity contribution in [2.75, 3.05) is 36.8 Å². The number of hydrogen-bond donors (Lipinski definition) is 1. The molecule has 2 aromatic rings. The largest absolute Gasteiger partial charge is 0.398 e. The fourth-order valence-electron chi connectivity index (χ4n) is 2.73. The molecule has 1 aliphatic rings. The number of amides is 1. The first-order chi connectivity index (χ1) is 10.7. The van der Waals surface area contributed by atoms with Crippen LogP contribution in [0.3, 0.4) is 0 Å². The number of rotatable bonds is 2. The summed E-state index contributed by atoms with van der Waals surface area (Å²) < 4.78 is 0. The average Bonchev–Trinajstić information content (AvgIpc) is 2.58. The molecule has 0 saturated carbocycles. The Labute approximate surface area is 130 Å². The van der Waals surface area contributed by atoms with Gasteiger partial charge in [0.05, 0.1) is 0 Å². The van der Waals surface area contributed by atoms with E-state index >= 15 is 0 Å². The number of aromatic nitrogens is 1. The number of pyridine rings is 1. The lowest BCUT2D eigenvalue weighted by molar-refractivity contribution is 0.0746. The van der Waals surface area contributed by atoms with Crippen molar-refractivity contribution in [3.8, 4) is 0 Å². The predicted octanol–water partition coefficient (Wildman–Crippen LogP) is 1.93. The summed E-state index contributed by atoms with van der Waals surface area (Å²) in [6.07, 6.45) is 1.79. The van der Waals surface area contributed by atoms with Crippen molar-refractivity contribution in [3.05, 3.63) is 53.7 Å². The van der Waals surface area contributed by atoms with Gasteiger partial charge in [0, 0.05) is 43.6 Å². The van der Waals surface area contributed by atoms with Crippen LogP contribution >= 0.6 is 0 Å². The van der Waals surface area contributed by atoms with Gasteiger partial charge in [0.25, 0.3) is 5.91 Å². The van der Waals surface area contributed by atoms with Crippen LogP contribution in [0.4, 0.5) is 11.5 Å². The third kappa shape index (κ3) is 2.74. The number of nitrogens with zero attached hydrogens (tertiary/aromatic N) is 3. The van der Waals surface area contributed by atoms with Crippen molar-refractivity contribution in [1.82, 2.24) is 9.88 Å². The number of nitrogen functional groups attached to an aromatic ring is 1. The Kier molecular flexibility index (Phi) is 3.96. The molecule has 2 heterocycles. The van der Waals surface area contributed by atoms with Gasteiger partial charge in [-0.25, -0.2) is 4.98 Å². The number of carbonyl (C=O) groups excluding carboxylic acids is 1. The van der Waals surface area contributed by atoms with Crippen molar-refractivity contribution >= 4 is 17.4 Å². The third-order valence-electron chi connectivity index (χ3n) is 4.15. The van der Waals surface area contributed by atoms with E-state index in [0.717, 1.165) is 24.5 Å². The SMILES string of the molecule is Cc1c(N)cccc1C(=O)N1CCN(c2ccccn2)CC1. The van der Waals surface area contributed by atoms with E-state index in [1.165, 1.54) is 0 Å². The summed E-state index contributed by atoms with van der Waals surface area (Å²) in [5.74, 6) is 1.03. The van der Waals surface area contributed by atoms with Crippen LogP contribution in [-0.4, -0.2) is 42.0 Å². The molecule has 114 valence electrons. The average molecular weight is 296 g/mol. The van der Waals surface area contributed by atoms with Crippen molar-refractivity contribution in [1.29, 1.82) is 0 Å². The van der Waals surface area contributed by atoms with E-state index in [9.17, 15) is 4.79 Å². The third-order valence-corrected chi connectivity index (χ3v) is 4.15. The molecule has 0 unspecified atom stereocenters. The van der Waals surface area contributed by atoms with Gasteiger partial charge >= 0.3 is 0 Å². The Morgan fingerprint density at radius 2 is 1.86 bits per heavy atom. The van der Waals surface area contributed by atoms with Gasteiger partial charge in [-0.3, -0.25) is 4.79 Å². The zero-order valence-electron chi connectivity index (χ0n) is 12.7. The van der Waals surface area contributed by atoms with E-state index in [-0.39, 0.29) is 5.91 Å². The number of hydrogen-bond acceptors (Lipinski definition) is 4. The van der Waals surface area contributed by atoms with Gasteiger partial charge in [0.1, 0.15) is 5.82 Å². The summed E-state index contributed by atoms with van der Waals surface area (Å²) in [6, 6.07) is 11.4. The summed E-state index contributed by atoms with van der Waals surface area (Å²) >= 11 is 0. The van der Waals surface area contributed by atoms with Crippen molar-refractivity contribution in [2.24, 2.45) is 0 Å². The van der Waals surface area contributed by atoms with Gasteiger partial charge in [0.2, 0.25) is 0 Å². The van der Waals surface area contributed by atoms with E-state index < -0.39 is 0 Å². The second kappa shape index (κ2) is 6.05. The van der Waals surface area contributed by atoms with Crippen LogP contribution in [0.15, 0.2) is 42.6 Å². The lowest BCUT2D eigenvalue weighted by atomic mass is 10.1. The number of piperazine rings is 1.